The van der Waals surface area contributed by atoms with Gasteiger partial charge in [0.15, 0.2) is 6.29 Å². The van der Waals surface area contributed by atoms with Crippen LogP contribution in [0, 0.1) is 46.3 Å². The van der Waals surface area contributed by atoms with Gasteiger partial charge in [-0.05, 0) is 117 Å². The van der Waals surface area contributed by atoms with Crippen LogP contribution in [0.2, 0.25) is 0 Å². The van der Waals surface area contributed by atoms with Gasteiger partial charge in [-0.15, -0.1) is 0 Å². The number of hydrogen-bond donors (Lipinski definition) is 1. The first-order chi connectivity index (χ1) is 15.8. The Kier molecular flexibility index (Phi) is 8.58. The Morgan fingerprint density at radius 1 is 0.848 bits per heavy atom. The van der Waals surface area contributed by atoms with Gasteiger partial charge in [0.2, 0.25) is 0 Å². The number of ether oxygens (including phenoxy) is 1. The van der Waals surface area contributed by atoms with Gasteiger partial charge in [0.1, 0.15) is 0 Å². The lowest BCUT2D eigenvalue weighted by Gasteiger charge is -2.61. The van der Waals surface area contributed by atoms with E-state index in [4.69, 9.17) is 4.74 Å². The van der Waals surface area contributed by atoms with Crippen molar-refractivity contribution in [3.05, 3.63) is 0 Å². The van der Waals surface area contributed by atoms with Crippen molar-refractivity contribution < 1.29 is 9.84 Å². The van der Waals surface area contributed by atoms with Gasteiger partial charge in [-0.25, -0.2) is 0 Å². The van der Waals surface area contributed by atoms with E-state index in [1.807, 2.05) is 0 Å². The van der Waals surface area contributed by atoms with Gasteiger partial charge >= 0.3 is 0 Å². The lowest BCUT2D eigenvalue weighted by molar-refractivity contribution is -0.183. The highest BCUT2D eigenvalue weighted by Gasteiger charge is 2.60. The van der Waals surface area contributed by atoms with Crippen molar-refractivity contribution in [2.75, 3.05) is 0 Å². The van der Waals surface area contributed by atoms with Gasteiger partial charge < -0.3 is 9.84 Å². The maximum Gasteiger partial charge on any atom is 0.154 e. The van der Waals surface area contributed by atoms with Crippen LogP contribution in [0.15, 0.2) is 0 Å². The average Bonchev–Trinajstić information content (AvgIpc) is 3.16. The predicted molar refractivity (Wildman–Crippen MR) is 139 cm³/mol. The topological polar surface area (TPSA) is 29.5 Å². The zero-order chi connectivity index (χ0) is 23.6. The second-order valence-corrected chi connectivity index (χ2v) is 13.5. The smallest absolute Gasteiger partial charge is 0.154 e. The van der Waals surface area contributed by atoms with E-state index in [0.717, 1.165) is 48.3 Å². The lowest BCUT2D eigenvalue weighted by Crippen LogP contribution is -2.54. The summed E-state index contributed by atoms with van der Waals surface area (Å²) in [6.45, 7) is 12.6. The van der Waals surface area contributed by atoms with Gasteiger partial charge in [0.25, 0.3) is 0 Å². The van der Waals surface area contributed by atoms with Crippen molar-refractivity contribution in [1.29, 1.82) is 0 Å². The monoisotopic (exact) mass is 460 g/mol. The minimum absolute atomic E-state index is 0.292. The number of aliphatic hydroxyl groups is 1. The molecule has 0 saturated heterocycles. The molecule has 0 aromatic rings. The molecule has 33 heavy (non-hydrogen) atoms. The van der Waals surface area contributed by atoms with Crippen LogP contribution in [-0.4, -0.2) is 17.5 Å². The van der Waals surface area contributed by atoms with Gasteiger partial charge in [0, 0.05) is 0 Å². The molecule has 4 saturated carbocycles. The van der Waals surface area contributed by atoms with Crippen molar-refractivity contribution >= 4 is 0 Å². The summed E-state index contributed by atoms with van der Waals surface area (Å²) in [5.74, 6) is 5.57. The molecule has 10 atom stereocenters. The number of hydrogen-bond acceptors (Lipinski definition) is 2. The summed E-state index contributed by atoms with van der Waals surface area (Å²) in [4.78, 5) is 0. The second-order valence-electron chi connectivity index (χ2n) is 13.5. The Bertz CT molecular complexity index is 618. The molecule has 0 spiro atoms. The van der Waals surface area contributed by atoms with Crippen molar-refractivity contribution in [2.24, 2.45) is 46.3 Å². The van der Waals surface area contributed by atoms with E-state index in [0.29, 0.717) is 16.9 Å². The minimum atomic E-state index is -0.538. The van der Waals surface area contributed by atoms with E-state index in [9.17, 15) is 5.11 Å². The van der Waals surface area contributed by atoms with Crippen LogP contribution in [0.4, 0.5) is 0 Å². The molecule has 4 aliphatic carbocycles. The Balaban J connectivity index is 1.32. The molecule has 0 radical (unpaired) electrons. The summed E-state index contributed by atoms with van der Waals surface area (Å²) in [7, 11) is 0. The molecule has 1 N–H and O–H groups in total. The molecular formula is C31H56O2. The number of rotatable bonds is 10. The lowest BCUT2D eigenvalue weighted by atomic mass is 9.44. The highest BCUT2D eigenvalue weighted by Crippen LogP contribution is 2.68. The number of aliphatic hydroxyl groups excluding tert-OH is 1. The van der Waals surface area contributed by atoms with Crippen LogP contribution in [0.25, 0.3) is 0 Å². The third-order valence-electron chi connectivity index (χ3n) is 11.9. The first kappa shape index (κ1) is 26.0. The quantitative estimate of drug-likeness (QED) is 0.261. The Hall–Kier alpha value is -0.0800. The summed E-state index contributed by atoms with van der Waals surface area (Å²) in [6.07, 6.45) is 20.7. The Labute approximate surface area is 206 Å². The molecule has 0 heterocycles. The molecular weight excluding hydrogens is 404 g/mol. The van der Waals surface area contributed by atoms with Gasteiger partial charge in [-0.1, -0.05) is 66.7 Å². The molecule has 2 heteroatoms. The fourth-order valence-electron chi connectivity index (χ4n) is 9.81. The van der Waals surface area contributed by atoms with Crippen LogP contribution in [-0.2, 0) is 4.74 Å². The molecule has 4 fully saturated rings. The van der Waals surface area contributed by atoms with E-state index in [2.05, 4.69) is 34.6 Å². The van der Waals surface area contributed by atoms with Crippen molar-refractivity contribution in [2.45, 2.75) is 150 Å². The van der Waals surface area contributed by atoms with Crippen LogP contribution in [0.3, 0.4) is 0 Å². The molecule has 192 valence electrons. The van der Waals surface area contributed by atoms with Gasteiger partial charge in [-0.3, -0.25) is 0 Å². The zero-order valence-corrected chi connectivity index (χ0v) is 22.8. The Morgan fingerprint density at radius 2 is 1.58 bits per heavy atom. The standard InChI is InChI=1S/C31H56O2/c1-6-8-9-10-11-12-29(32)33-24-17-19-30(4)23(21-24)13-14-25-27-16-15-26(22(3)7-2)31(27,5)20-18-28(25)30/h22-29,32H,6-21H2,1-5H3. The maximum absolute atomic E-state index is 10.5. The molecule has 0 aromatic carbocycles. The normalized spacial score (nSPS) is 44.5. The summed E-state index contributed by atoms with van der Waals surface area (Å²) >= 11 is 0. The van der Waals surface area contributed by atoms with E-state index in [-0.39, 0.29) is 0 Å². The SMILES string of the molecule is CCCCCCCC(O)OC1CCC2(C)C(CCC3C2CCC2(C)C(C(C)CC)CCC32)C1. The summed E-state index contributed by atoms with van der Waals surface area (Å²) in [5.41, 5.74) is 1.13. The maximum atomic E-state index is 10.5. The van der Waals surface area contributed by atoms with Crippen molar-refractivity contribution in [3.8, 4) is 0 Å². The largest absolute Gasteiger partial charge is 0.368 e. The van der Waals surface area contributed by atoms with Crippen LogP contribution >= 0.6 is 0 Å². The third kappa shape index (κ3) is 5.09. The highest BCUT2D eigenvalue weighted by atomic mass is 16.6. The fraction of sp³-hybridized carbons (Fsp3) is 1.00. The van der Waals surface area contributed by atoms with E-state index in [1.54, 1.807) is 0 Å². The first-order valence-electron chi connectivity index (χ1n) is 15.2. The summed E-state index contributed by atoms with van der Waals surface area (Å²) in [5, 5.41) is 10.5. The van der Waals surface area contributed by atoms with Gasteiger partial charge in [-0.2, -0.15) is 0 Å². The summed E-state index contributed by atoms with van der Waals surface area (Å²) in [6, 6.07) is 0. The van der Waals surface area contributed by atoms with E-state index >= 15 is 0 Å². The molecule has 0 amide bonds. The highest BCUT2D eigenvalue weighted by molar-refractivity contribution is 5.09. The minimum Gasteiger partial charge on any atom is -0.368 e. The molecule has 4 rings (SSSR count). The van der Waals surface area contributed by atoms with Crippen molar-refractivity contribution in [1.82, 2.24) is 0 Å². The van der Waals surface area contributed by atoms with Crippen LogP contribution < -0.4 is 0 Å². The second kappa shape index (κ2) is 10.9. The molecule has 0 aromatic heterocycles. The average molecular weight is 461 g/mol. The molecule has 4 aliphatic rings. The van der Waals surface area contributed by atoms with E-state index in [1.165, 1.54) is 89.9 Å². The predicted octanol–water partition coefficient (Wildman–Crippen LogP) is 8.76. The molecule has 10 unspecified atom stereocenters. The van der Waals surface area contributed by atoms with Gasteiger partial charge in [0.05, 0.1) is 6.10 Å². The van der Waals surface area contributed by atoms with E-state index < -0.39 is 6.29 Å². The Morgan fingerprint density at radius 3 is 2.33 bits per heavy atom. The fourth-order valence-corrected chi connectivity index (χ4v) is 9.81. The molecule has 0 aliphatic heterocycles. The molecule has 2 nitrogen and oxygen atoms in total. The van der Waals surface area contributed by atoms with Crippen molar-refractivity contribution in [3.63, 3.8) is 0 Å². The van der Waals surface area contributed by atoms with Crippen LogP contribution in [0.1, 0.15) is 137 Å². The molecule has 0 bridgehead atoms. The number of fused-ring (bicyclic) bond motifs is 5. The number of unbranched alkanes of at least 4 members (excludes halogenated alkanes) is 4. The first-order valence-corrected chi connectivity index (χ1v) is 15.2. The third-order valence-corrected chi connectivity index (χ3v) is 11.9. The summed E-state index contributed by atoms with van der Waals surface area (Å²) < 4.78 is 6.22. The zero-order valence-electron chi connectivity index (χ0n) is 22.8. The van der Waals surface area contributed by atoms with Crippen LogP contribution in [0.5, 0.6) is 0 Å².